The second-order valence-corrected chi connectivity index (χ2v) is 7.64. The lowest BCUT2D eigenvalue weighted by Gasteiger charge is -2.21. The molecule has 4 heterocycles. The lowest BCUT2D eigenvalue weighted by molar-refractivity contribution is -0.133. The number of carbonyl (C=O) groups excluding carboxylic acids is 1. The Hall–Kier alpha value is -3.51. The summed E-state index contributed by atoms with van der Waals surface area (Å²) in [4.78, 5) is 26.6. The molecule has 0 saturated carbocycles. The zero-order chi connectivity index (χ0) is 20.5. The molecule has 0 aliphatic carbocycles. The zero-order valence-corrected chi connectivity index (χ0v) is 16.6. The summed E-state index contributed by atoms with van der Waals surface area (Å²) in [7, 11) is 0. The van der Waals surface area contributed by atoms with Crippen LogP contribution in [0.2, 0.25) is 0 Å². The number of carbonyl (C=O) groups is 1. The quantitative estimate of drug-likeness (QED) is 0.661. The van der Waals surface area contributed by atoms with Crippen LogP contribution in [0, 0.1) is 25.2 Å². The maximum Gasteiger partial charge on any atom is 0.285 e. The molecular weight excluding hydrogens is 390 g/mol. The van der Waals surface area contributed by atoms with E-state index in [1.54, 1.807) is 32.2 Å². The predicted octanol–water partition coefficient (Wildman–Crippen LogP) is 2.76. The molecule has 1 aliphatic rings. The topological polar surface area (TPSA) is 104 Å². The van der Waals surface area contributed by atoms with Crippen molar-refractivity contribution in [2.24, 2.45) is 5.10 Å². The first-order valence-corrected chi connectivity index (χ1v) is 9.82. The second-order valence-electron chi connectivity index (χ2n) is 6.66. The summed E-state index contributed by atoms with van der Waals surface area (Å²) in [5.74, 6) is 0.224. The third-order valence-electron chi connectivity index (χ3n) is 4.88. The molecule has 0 saturated heterocycles. The van der Waals surface area contributed by atoms with Crippen LogP contribution in [0.25, 0.3) is 0 Å². The number of furan rings is 1. The molecule has 1 unspecified atom stereocenters. The van der Waals surface area contributed by atoms with E-state index in [2.05, 4.69) is 10.2 Å². The molecule has 0 aromatic carbocycles. The summed E-state index contributed by atoms with van der Waals surface area (Å²) in [6.45, 7) is 3.07. The predicted molar refractivity (Wildman–Crippen MR) is 106 cm³/mol. The Morgan fingerprint density at radius 2 is 2.21 bits per heavy atom. The Balaban J connectivity index is 1.68. The van der Waals surface area contributed by atoms with Gasteiger partial charge >= 0.3 is 0 Å². The normalized spacial score (nSPS) is 16.0. The smallest absolute Gasteiger partial charge is 0.285 e. The van der Waals surface area contributed by atoms with Gasteiger partial charge in [-0.15, -0.1) is 11.3 Å². The molecule has 9 heteroatoms. The maximum atomic E-state index is 13.1. The third kappa shape index (κ3) is 3.39. The molecule has 0 spiro atoms. The molecular formula is C20H17N5O3S. The molecule has 4 rings (SSSR count). The number of aryl methyl sites for hydroxylation is 1. The van der Waals surface area contributed by atoms with Crippen molar-refractivity contribution in [1.82, 2.24) is 14.8 Å². The first-order valence-electron chi connectivity index (χ1n) is 8.95. The van der Waals surface area contributed by atoms with E-state index in [0.717, 1.165) is 9.56 Å². The Bertz CT molecular complexity index is 1190. The summed E-state index contributed by atoms with van der Waals surface area (Å²) in [6, 6.07) is 9.06. The number of aromatic nitrogens is 2. The van der Waals surface area contributed by atoms with E-state index < -0.39 is 5.56 Å². The molecule has 1 aliphatic heterocycles. The average molecular weight is 407 g/mol. The highest BCUT2D eigenvalue weighted by atomic mass is 32.1. The van der Waals surface area contributed by atoms with Gasteiger partial charge in [0, 0.05) is 11.3 Å². The highest BCUT2D eigenvalue weighted by Crippen LogP contribution is 2.35. The maximum absolute atomic E-state index is 13.1. The van der Waals surface area contributed by atoms with Gasteiger partial charge in [-0.25, -0.2) is 9.69 Å². The highest BCUT2D eigenvalue weighted by Gasteiger charge is 2.35. The summed E-state index contributed by atoms with van der Waals surface area (Å²) in [5, 5.41) is 21.3. The van der Waals surface area contributed by atoms with Gasteiger partial charge in [-0.05, 0) is 43.0 Å². The van der Waals surface area contributed by atoms with Crippen LogP contribution in [0.15, 0.2) is 50.2 Å². The largest absolute Gasteiger partial charge is 0.463 e. The number of thiophene rings is 1. The van der Waals surface area contributed by atoms with Crippen LogP contribution in [-0.2, 0) is 11.3 Å². The van der Waals surface area contributed by atoms with E-state index >= 15 is 0 Å². The number of amides is 1. The van der Waals surface area contributed by atoms with Gasteiger partial charge in [-0.2, -0.15) is 15.5 Å². The molecule has 146 valence electrons. The molecule has 29 heavy (non-hydrogen) atoms. The molecule has 1 atom stereocenters. The van der Waals surface area contributed by atoms with Crippen LogP contribution >= 0.6 is 11.3 Å². The van der Waals surface area contributed by atoms with Crippen LogP contribution in [0.1, 0.15) is 39.9 Å². The van der Waals surface area contributed by atoms with Crippen LogP contribution in [0.5, 0.6) is 0 Å². The lowest BCUT2D eigenvalue weighted by Crippen LogP contribution is -2.36. The van der Waals surface area contributed by atoms with Crippen molar-refractivity contribution in [1.29, 1.82) is 5.26 Å². The van der Waals surface area contributed by atoms with E-state index in [9.17, 15) is 14.9 Å². The standard InChI is InChI=1S/C20H17N5O3S/c1-12-13(2)22-24(20(27)14(12)10-21)11-19(26)25-16(18-6-4-8-29-18)9-15(23-25)17-5-3-7-28-17/h3-8,16H,9,11H2,1-2H3. The minimum absolute atomic E-state index is 0.00121. The van der Waals surface area contributed by atoms with Crippen molar-refractivity contribution in [3.63, 3.8) is 0 Å². The van der Waals surface area contributed by atoms with Gasteiger partial charge in [-0.1, -0.05) is 6.07 Å². The number of hydrogen-bond donors (Lipinski definition) is 0. The molecule has 0 fully saturated rings. The van der Waals surface area contributed by atoms with Crippen LogP contribution in [0.3, 0.4) is 0 Å². The van der Waals surface area contributed by atoms with Gasteiger partial charge in [0.15, 0.2) is 0 Å². The van der Waals surface area contributed by atoms with E-state index in [-0.39, 0.29) is 24.1 Å². The van der Waals surface area contributed by atoms with E-state index in [1.165, 1.54) is 16.3 Å². The monoisotopic (exact) mass is 407 g/mol. The van der Waals surface area contributed by atoms with Crippen molar-refractivity contribution >= 4 is 23.0 Å². The second kappa shape index (κ2) is 7.48. The minimum atomic E-state index is -0.578. The molecule has 0 radical (unpaired) electrons. The Kier molecular flexibility index (Phi) is 4.86. The highest BCUT2D eigenvalue weighted by molar-refractivity contribution is 7.10. The van der Waals surface area contributed by atoms with Gasteiger partial charge in [0.05, 0.1) is 18.0 Å². The van der Waals surface area contributed by atoms with E-state index in [1.807, 2.05) is 23.6 Å². The van der Waals surface area contributed by atoms with E-state index in [4.69, 9.17) is 4.42 Å². The molecule has 0 N–H and O–H groups in total. The molecule has 3 aromatic heterocycles. The van der Waals surface area contributed by atoms with Gasteiger partial charge in [0.25, 0.3) is 11.5 Å². The number of rotatable bonds is 4. The van der Waals surface area contributed by atoms with Crippen LogP contribution in [-0.4, -0.2) is 26.4 Å². The van der Waals surface area contributed by atoms with Gasteiger partial charge in [0.1, 0.15) is 29.6 Å². The Morgan fingerprint density at radius 1 is 1.38 bits per heavy atom. The molecule has 8 nitrogen and oxygen atoms in total. The van der Waals surface area contributed by atoms with Crippen molar-refractivity contribution in [2.75, 3.05) is 0 Å². The fraction of sp³-hybridized carbons (Fsp3) is 0.250. The fourth-order valence-corrected chi connectivity index (χ4v) is 4.06. The summed E-state index contributed by atoms with van der Waals surface area (Å²) in [6.07, 6.45) is 2.07. The number of nitriles is 1. The van der Waals surface area contributed by atoms with Crippen molar-refractivity contribution < 1.29 is 9.21 Å². The number of hydrazone groups is 1. The minimum Gasteiger partial charge on any atom is -0.463 e. The first kappa shape index (κ1) is 18.8. The zero-order valence-electron chi connectivity index (χ0n) is 15.8. The van der Waals surface area contributed by atoms with Gasteiger partial charge in [0.2, 0.25) is 0 Å². The molecule has 0 bridgehead atoms. The van der Waals surface area contributed by atoms with E-state index in [0.29, 0.717) is 29.2 Å². The number of nitrogens with zero attached hydrogens (tertiary/aromatic N) is 5. The molecule has 3 aromatic rings. The average Bonchev–Trinajstić information content (AvgIpc) is 3.47. The van der Waals surface area contributed by atoms with Crippen LogP contribution < -0.4 is 5.56 Å². The molecule has 1 amide bonds. The number of hydrogen-bond acceptors (Lipinski definition) is 7. The summed E-state index contributed by atoms with van der Waals surface area (Å²) < 4.78 is 6.48. The lowest BCUT2D eigenvalue weighted by atomic mass is 10.1. The van der Waals surface area contributed by atoms with Crippen molar-refractivity contribution in [3.8, 4) is 6.07 Å². The Morgan fingerprint density at radius 3 is 2.86 bits per heavy atom. The van der Waals surface area contributed by atoms with Crippen LogP contribution in [0.4, 0.5) is 0 Å². The third-order valence-corrected chi connectivity index (χ3v) is 5.85. The fourth-order valence-electron chi connectivity index (χ4n) is 3.25. The van der Waals surface area contributed by atoms with Crippen molar-refractivity contribution in [2.45, 2.75) is 32.9 Å². The first-order chi connectivity index (χ1) is 14.0. The Labute approximate surface area is 170 Å². The SMILES string of the molecule is Cc1nn(CC(=O)N2N=C(c3ccco3)CC2c2cccs2)c(=O)c(C#N)c1C. The van der Waals surface area contributed by atoms with Crippen molar-refractivity contribution in [3.05, 3.63) is 73.7 Å². The summed E-state index contributed by atoms with van der Waals surface area (Å²) >= 11 is 1.54. The summed E-state index contributed by atoms with van der Waals surface area (Å²) in [5.41, 5.74) is 1.15. The van der Waals surface area contributed by atoms with Gasteiger partial charge < -0.3 is 4.42 Å². The van der Waals surface area contributed by atoms with Gasteiger partial charge in [-0.3, -0.25) is 9.59 Å².